The van der Waals surface area contributed by atoms with Crippen molar-refractivity contribution in [3.05, 3.63) is 35.9 Å². The van der Waals surface area contributed by atoms with Crippen LogP contribution in [-0.2, 0) is 16.1 Å². The van der Waals surface area contributed by atoms with Crippen LogP contribution >= 0.6 is 22.6 Å². The van der Waals surface area contributed by atoms with Crippen molar-refractivity contribution < 1.29 is 9.47 Å². The molecule has 3 heteroatoms. The molecular weight excluding hydrogens is 363 g/mol. The van der Waals surface area contributed by atoms with E-state index >= 15 is 0 Å². The van der Waals surface area contributed by atoms with Gasteiger partial charge in [-0.2, -0.15) is 0 Å². The van der Waals surface area contributed by atoms with Crippen LogP contribution in [-0.4, -0.2) is 22.7 Å². The van der Waals surface area contributed by atoms with Crippen molar-refractivity contribution in [2.45, 2.75) is 54.8 Å². The van der Waals surface area contributed by atoms with Gasteiger partial charge in [-0.15, -0.1) is 0 Å². The first-order valence-corrected chi connectivity index (χ1v) is 8.98. The van der Waals surface area contributed by atoms with Crippen LogP contribution in [0.5, 0.6) is 0 Å². The van der Waals surface area contributed by atoms with Crippen molar-refractivity contribution in [3.8, 4) is 0 Å². The molecule has 2 aliphatic rings. The summed E-state index contributed by atoms with van der Waals surface area (Å²) in [7, 11) is 0. The van der Waals surface area contributed by atoms with E-state index in [9.17, 15) is 0 Å². The molecule has 1 aromatic carbocycles. The molecule has 20 heavy (non-hydrogen) atoms. The van der Waals surface area contributed by atoms with Crippen LogP contribution in [0.2, 0.25) is 0 Å². The standard InChI is InChI=1S/C17H23IO2/c18-15(12-19-11-13-6-2-1-3-7-13)17-10-14-8-4-5-9-16(14)20-17/h1-3,6-7,14-17H,4-5,8-12H2/t14-,15+,16+,17+/m1/s1. The Morgan fingerprint density at radius 3 is 2.80 bits per heavy atom. The third kappa shape index (κ3) is 3.74. The highest BCUT2D eigenvalue weighted by molar-refractivity contribution is 14.1. The number of rotatable bonds is 5. The number of ether oxygens (including phenoxy) is 2. The van der Waals surface area contributed by atoms with Gasteiger partial charge in [0, 0.05) is 0 Å². The third-order valence-electron chi connectivity index (χ3n) is 4.52. The lowest BCUT2D eigenvalue weighted by atomic mass is 9.85. The molecule has 0 bridgehead atoms. The van der Waals surface area contributed by atoms with Crippen LogP contribution in [0.3, 0.4) is 0 Å². The fraction of sp³-hybridized carbons (Fsp3) is 0.647. The Bertz CT molecular complexity index is 395. The van der Waals surface area contributed by atoms with Crippen molar-refractivity contribution in [1.29, 1.82) is 0 Å². The minimum atomic E-state index is 0.402. The molecule has 0 unspecified atom stereocenters. The number of alkyl halides is 1. The van der Waals surface area contributed by atoms with Crippen LogP contribution < -0.4 is 0 Å². The van der Waals surface area contributed by atoms with E-state index in [-0.39, 0.29) is 0 Å². The van der Waals surface area contributed by atoms with Gasteiger partial charge in [0.15, 0.2) is 0 Å². The van der Waals surface area contributed by atoms with E-state index in [2.05, 4.69) is 46.9 Å². The molecule has 2 fully saturated rings. The van der Waals surface area contributed by atoms with Crippen LogP contribution in [0, 0.1) is 5.92 Å². The monoisotopic (exact) mass is 386 g/mol. The molecule has 1 aliphatic heterocycles. The van der Waals surface area contributed by atoms with Gasteiger partial charge in [-0.1, -0.05) is 65.8 Å². The van der Waals surface area contributed by atoms with E-state index in [4.69, 9.17) is 9.47 Å². The van der Waals surface area contributed by atoms with Crippen LogP contribution in [0.25, 0.3) is 0 Å². The second-order valence-electron chi connectivity index (χ2n) is 6.01. The largest absolute Gasteiger partial charge is 0.376 e. The fourth-order valence-electron chi connectivity index (χ4n) is 3.40. The minimum absolute atomic E-state index is 0.402. The smallest absolute Gasteiger partial charge is 0.0722 e. The molecule has 0 N–H and O–H groups in total. The summed E-state index contributed by atoms with van der Waals surface area (Å²) in [6.07, 6.45) is 7.58. The predicted octanol–water partition coefficient (Wildman–Crippen LogP) is 4.35. The average Bonchev–Trinajstić information content (AvgIpc) is 2.92. The lowest BCUT2D eigenvalue weighted by Crippen LogP contribution is -2.25. The predicted molar refractivity (Wildman–Crippen MR) is 89.1 cm³/mol. The van der Waals surface area contributed by atoms with Gasteiger partial charge in [-0.3, -0.25) is 0 Å². The van der Waals surface area contributed by atoms with Crippen LogP contribution in [0.15, 0.2) is 30.3 Å². The van der Waals surface area contributed by atoms with Gasteiger partial charge < -0.3 is 9.47 Å². The molecule has 1 saturated heterocycles. The zero-order chi connectivity index (χ0) is 13.8. The number of benzene rings is 1. The summed E-state index contributed by atoms with van der Waals surface area (Å²) in [5.74, 6) is 0.820. The molecule has 110 valence electrons. The Morgan fingerprint density at radius 1 is 1.20 bits per heavy atom. The maximum absolute atomic E-state index is 6.24. The Labute approximate surface area is 135 Å². The van der Waals surface area contributed by atoms with Crippen molar-refractivity contribution in [3.63, 3.8) is 0 Å². The first kappa shape index (κ1) is 14.8. The summed E-state index contributed by atoms with van der Waals surface area (Å²) < 4.78 is 12.6. The molecule has 0 aromatic heterocycles. The zero-order valence-electron chi connectivity index (χ0n) is 11.8. The first-order chi connectivity index (χ1) is 9.83. The first-order valence-electron chi connectivity index (χ1n) is 7.74. The van der Waals surface area contributed by atoms with Gasteiger partial charge in [-0.25, -0.2) is 0 Å². The Morgan fingerprint density at radius 2 is 2.00 bits per heavy atom. The lowest BCUT2D eigenvalue weighted by Gasteiger charge is -2.23. The molecule has 3 rings (SSSR count). The summed E-state index contributed by atoms with van der Waals surface area (Å²) in [6, 6.07) is 10.4. The molecule has 1 heterocycles. The zero-order valence-corrected chi connectivity index (χ0v) is 14.0. The molecule has 0 amide bonds. The van der Waals surface area contributed by atoms with Crippen molar-refractivity contribution in [2.75, 3.05) is 6.61 Å². The second kappa shape index (κ2) is 7.23. The molecule has 0 radical (unpaired) electrons. The number of fused-ring (bicyclic) bond motifs is 1. The van der Waals surface area contributed by atoms with Gasteiger partial charge in [0.2, 0.25) is 0 Å². The van der Waals surface area contributed by atoms with E-state index in [1.807, 2.05) is 6.07 Å². The van der Waals surface area contributed by atoms with Crippen LogP contribution in [0.4, 0.5) is 0 Å². The lowest BCUT2D eigenvalue weighted by molar-refractivity contribution is 0.00614. The topological polar surface area (TPSA) is 18.5 Å². The maximum atomic E-state index is 6.24. The van der Waals surface area contributed by atoms with Gasteiger partial charge >= 0.3 is 0 Å². The van der Waals surface area contributed by atoms with Crippen molar-refractivity contribution in [1.82, 2.24) is 0 Å². The third-order valence-corrected chi connectivity index (χ3v) is 5.68. The van der Waals surface area contributed by atoms with E-state index in [0.717, 1.165) is 12.5 Å². The normalized spacial score (nSPS) is 30.9. The Balaban J connectivity index is 1.42. The summed E-state index contributed by atoms with van der Waals surface area (Å²) in [6.45, 7) is 1.50. The second-order valence-corrected chi connectivity index (χ2v) is 7.61. The SMILES string of the molecule is I[C@@H](COCc1ccccc1)[C@@H]1C[C@H]2CCCC[C@@H]2O1. The highest BCUT2D eigenvalue weighted by Crippen LogP contribution is 2.39. The van der Waals surface area contributed by atoms with E-state index in [0.29, 0.717) is 22.7 Å². The van der Waals surface area contributed by atoms with Crippen molar-refractivity contribution in [2.24, 2.45) is 5.92 Å². The fourth-order valence-corrected chi connectivity index (χ4v) is 4.12. The average molecular weight is 386 g/mol. The minimum Gasteiger partial charge on any atom is -0.376 e. The van der Waals surface area contributed by atoms with Gasteiger partial charge in [0.25, 0.3) is 0 Å². The van der Waals surface area contributed by atoms with Gasteiger partial charge in [0.1, 0.15) is 0 Å². The Hall–Kier alpha value is -0.130. The van der Waals surface area contributed by atoms with E-state index in [1.54, 1.807) is 0 Å². The van der Waals surface area contributed by atoms with E-state index < -0.39 is 0 Å². The molecule has 1 saturated carbocycles. The quantitative estimate of drug-likeness (QED) is 0.553. The number of halogens is 1. The van der Waals surface area contributed by atoms with E-state index in [1.165, 1.54) is 37.7 Å². The maximum Gasteiger partial charge on any atom is 0.0722 e. The molecule has 2 nitrogen and oxygen atoms in total. The summed E-state index contributed by atoms with van der Waals surface area (Å²) in [5, 5.41) is 0. The molecular formula is C17H23IO2. The van der Waals surface area contributed by atoms with Crippen molar-refractivity contribution >= 4 is 22.6 Å². The molecule has 0 spiro atoms. The van der Waals surface area contributed by atoms with Gasteiger partial charge in [0.05, 0.1) is 29.3 Å². The van der Waals surface area contributed by atoms with Crippen LogP contribution in [0.1, 0.15) is 37.7 Å². The number of hydrogen-bond acceptors (Lipinski definition) is 2. The Kier molecular flexibility index (Phi) is 5.35. The highest BCUT2D eigenvalue weighted by Gasteiger charge is 2.39. The summed E-state index contributed by atoms with van der Waals surface area (Å²) in [4.78, 5) is 0. The van der Waals surface area contributed by atoms with Gasteiger partial charge in [-0.05, 0) is 30.7 Å². The summed E-state index contributed by atoms with van der Waals surface area (Å²) >= 11 is 2.51. The summed E-state index contributed by atoms with van der Waals surface area (Å²) in [5.41, 5.74) is 1.25. The highest BCUT2D eigenvalue weighted by atomic mass is 127. The number of hydrogen-bond donors (Lipinski definition) is 0. The molecule has 1 aromatic rings. The molecule has 4 atom stereocenters. The molecule has 1 aliphatic carbocycles.